The van der Waals surface area contributed by atoms with Gasteiger partial charge >= 0.3 is 0 Å². The second-order valence-electron chi connectivity index (χ2n) is 5.09. The Morgan fingerprint density at radius 2 is 1.58 bits per heavy atom. The average Bonchev–Trinajstić information content (AvgIpc) is 3.10. The van der Waals surface area contributed by atoms with Gasteiger partial charge in [0.1, 0.15) is 22.9 Å². The summed E-state index contributed by atoms with van der Waals surface area (Å²) in [4.78, 5) is 4.34. The van der Waals surface area contributed by atoms with Crippen molar-refractivity contribution in [3.05, 3.63) is 42.8 Å². The first-order chi connectivity index (χ1) is 11.7. The molecule has 0 aliphatic carbocycles. The first-order valence-corrected chi connectivity index (χ1v) is 7.27. The van der Waals surface area contributed by atoms with E-state index in [4.69, 9.17) is 24.4 Å². The average molecular weight is 326 g/mol. The van der Waals surface area contributed by atoms with Gasteiger partial charge in [-0.05, 0) is 30.3 Å². The molecule has 2 aromatic carbocycles. The maximum absolute atomic E-state index is 5.99. The van der Waals surface area contributed by atoms with Crippen molar-refractivity contribution < 1.29 is 18.6 Å². The van der Waals surface area contributed by atoms with Crippen molar-refractivity contribution in [2.45, 2.75) is 0 Å². The fraction of sp³-hybridized carbons (Fsp3) is 0.167. The molecule has 3 rings (SSSR count). The van der Waals surface area contributed by atoms with E-state index in [9.17, 15) is 0 Å². The predicted molar refractivity (Wildman–Crippen MR) is 91.4 cm³/mol. The van der Waals surface area contributed by atoms with Crippen molar-refractivity contribution in [1.29, 1.82) is 0 Å². The summed E-state index contributed by atoms with van der Waals surface area (Å²) < 4.78 is 21.4. The summed E-state index contributed by atoms with van der Waals surface area (Å²) in [5.41, 5.74) is 8.83. The Hall–Kier alpha value is -3.15. The third-order valence-electron chi connectivity index (χ3n) is 3.68. The molecule has 0 unspecified atom stereocenters. The number of oxazole rings is 1. The lowest BCUT2D eigenvalue weighted by Crippen LogP contribution is -1.93. The number of aromatic nitrogens is 1. The Kier molecular flexibility index (Phi) is 4.29. The molecule has 1 heterocycles. The van der Waals surface area contributed by atoms with Gasteiger partial charge in [-0.3, -0.25) is 0 Å². The maximum Gasteiger partial charge on any atom is 0.182 e. The van der Waals surface area contributed by atoms with Crippen LogP contribution in [0.25, 0.3) is 22.6 Å². The highest BCUT2D eigenvalue weighted by molar-refractivity contribution is 5.80. The Labute approximate surface area is 139 Å². The lowest BCUT2D eigenvalue weighted by atomic mass is 10.0. The van der Waals surface area contributed by atoms with E-state index in [1.165, 1.54) is 6.39 Å². The van der Waals surface area contributed by atoms with Gasteiger partial charge in [0.2, 0.25) is 0 Å². The summed E-state index contributed by atoms with van der Waals surface area (Å²) in [5, 5.41) is 0. The van der Waals surface area contributed by atoms with Crippen LogP contribution in [0.15, 0.2) is 47.2 Å². The number of nitrogen functional groups attached to an aromatic ring is 1. The lowest BCUT2D eigenvalue weighted by Gasteiger charge is -2.09. The van der Waals surface area contributed by atoms with E-state index < -0.39 is 0 Å². The quantitative estimate of drug-likeness (QED) is 0.721. The predicted octanol–water partition coefficient (Wildman–Crippen LogP) is 3.62. The van der Waals surface area contributed by atoms with E-state index in [0.29, 0.717) is 34.4 Å². The van der Waals surface area contributed by atoms with Crippen LogP contribution < -0.4 is 19.9 Å². The summed E-state index contributed by atoms with van der Waals surface area (Å²) >= 11 is 0. The molecule has 0 aliphatic rings. The van der Waals surface area contributed by atoms with Crippen LogP contribution >= 0.6 is 0 Å². The lowest BCUT2D eigenvalue weighted by molar-refractivity contribution is 0.394. The Balaban J connectivity index is 2.10. The number of methoxy groups -OCH3 is 3. The SMILES string of the molecule is COc1cc(OC)cc(-c2ncoc2-c2ccc(OC)c(N)c2)c1. The van der Waals surface area contributed by atoms with Gasteiger partial charge in [-0.2, -0.15) is 0 Å². The van der Waals surface area contributed by atoms with Crippen LogP contribution in [-0.4, -0.2) is 26.3 Å². The number of ether oxygens (including phenoxy) is 3. The second kappa shape index (κ2) is 6.54. The zero-order valence-corrected chi connectivity index (χ0v) is 13.7. The van der Waals surface area contributed by atoms with Crippen molar-refractivity contribution in [1.82, 2.24) is 4.98 Å². The summed E-state index contributed by atoms with van der Waals surface area (Å²) in [5.74, 6) is 2.57. The van der Waals surface area contributed by atoms with Gasteiger partial charge in [-0.25, -0.2) is 4.98 Å². The number of anilines is 1. The normalized spacial score (nSPS) is 10.5. The van der Waals surface area contributed by atoms with Crippen molar-refractivity contribution in [2.24, 2.45) is 0 Å². The molecule has 1 aromatic heterocycles. The summed E-state index contributed by atoms with van der Waals surface area (Å²) in [6.45, 7) is 0. The monoisotopic (exact) mass is 326 g/mol. The highest BCUT2D eigenvalue weighted by Crippen LogP contribution is 2.37. The minimum atomic E-state index is 0.528. The molecule has 0 saturated heterocycles. The zero-order chi connectivity index (χ0) is 17.1. The summed E-state index contributed by atoms with van der Waals surface area (Å²) in [6, 6.07) is 11.0. The number of hydrogen-bond donors (Lipinski definition) is 1. The van der Waals surface area contributed by atoms with Crippen LogP contribution in [0, 0.1) is 0 Å². The molecule has 0 spiro atoms. The summed E-state index contributed by atoms with van der Waals surface area (Å²) in [7, 11) is 4.78. The molecule has 0 radical (unpaired) electrons. The molecular weight excluding hydrogens is 308 g/mol. The fourth-order valence-electron chi connectivity index (χ4n) is 2.48. The first-order valence-electron chi connectivity index (χ1n) is 7.27. The summed E-state index contributed by atoms with van der Waals surface area (Å²) in [6.07, 6.45) is 1.40. The molecule has 0 saturated carbocycles. The molecule has 124 valence electrons. The van der Waals surface area contributed by atoms with Gasteiger partial charge in [0, 0.05) is 17.2 Å². The van der Waals surface area contributed by atoms with E-state index in [-0.39, 0.29) is 0 Å². The van der Waals surface area contributed by atoms with Gasteiger partial charge in [0.25, 0.3) is 0 Å². The maximum atomic E-state index is 5.99. The molecule has 0 bridgehead atoms. The van der Waals surface area contributed by atoms with Crippen LogP contribution in [0.3, 0.4) is 0 Å². The zero-order valence-electron chi connectivity index (χ0n) is 13.7. The van der Waals surface area contributed by atoms with Crippen LogP contribution in [0.2, 0.25) is 0 Å². The van der Waals surface area contributed by atoms with E-state index in [2.05, 4.69) is 4.98 Å². The number of benzene rings is 2. The van der Waals surface area contributed by atoms with E-state index >= 15 is 0 Å². The molecule has 3 aromatic rings. The van der Waals surface area contributed by atoms with Gasteiger partial charge in [0.15, 0.2) is 12.2 Å². The third-order valence-corrected chi connectivity index (χ3v) is 3.68. The van der Waals surface area contributed by atoms with E-state index in [1.54, 1.807) is 39.5 Å². The highest BCUT2D eigenvalue weighted by Gasteiger charge is 2.16. The number of nitrogens with two attached hydrogens (primary N) is 1. The van der Waals surface area contributed by atoms with Crippen molar-refractivity contribution in [3.63, 3.8) is 0 Å². The standard InChI is InChI=1S/C18H18N2O4/c1-21-13-6-12(7-14(9-13)22-2)17-18(24-10-20-17)11-4-5-16(23-3)15(19)8-11/h4-10H,19H2,1-3H3. The van der Waals surface area contributed by atoms with E-state index in [0.717, 1.165) is 11.1 Å². The fourth-order valence-corrected chi connectivity index (χ4v) is 2.48. The first kappa shape index (κ1) is 15.7. The van der Waals surface area contributed by atoms with Crippen LogP contribution in [-0.2, 0) is 0 Å². The largest absolute Gasteiger partial charge is 0.497 e. The Morgan fingerprint density at radius 3 is 2.17 bits per heavy atom. The third kappa shape index (κ3) is 2.86. The van der Waals surface area contributed by atoms with E-state index in [1.807, 2.05) is 18.2 Å². The molecule has 0 amide bonds. The van der Waals surface area contributed by atoms with Crippen LogP contribution in [0.4, 0.5) is 5.69 Å². The Morgan fingerprint density at radius 1 is 0.875 bits per heavy atom. The molecule has 6 nitrogen and oxygen atoms in total. The second-order valence-corrected chi connectivity index (χ2v) is 5.09. The van der Waals surface area contributed by atoms with Gasteiger partial charge < -0.3 is 24.4 Å². The smallest absolute Gasteiger partial charge is 0.182 e. The molecule has 2 N–H and O–H groups in total. The van der Waals surface area contributed by atoms with Gasteiger partial charge in [-0.15, -0.1) is 0 Å². The highest BCUT2D eigenvalue weighted by atomic mass is 16.5. The minimum absolute atomic E-state index is 0.528. The number of hydrogen-bond acceptors (Lipinski definition) is 6. The number of rotatable bonds is 5. The van der Waals surface area contributed by atoms with Crippen molar-refractivity contribution >= 4 is 5.69 Å². The minimum Gasteiger partial charge on any atom is -0.497 e. The molecule has 6 heteroatoms. The molecule has 0 fully saturated rings. The molecule has 0 atom stereocenters. The van der Waals surface area contributed by atoms with Gasteiger partial charge in [-0.1, -0.05) is 0 Å². The number of nitrogens with zero attached hydrogens (tertiary/aromatic N) is 1. The molecule has 0 aliphatic heterocycles. The van der Waals surface area contributed by atoms with Crippen LogP contribution in [0.5, 0.6) is 17.2 Å². The molecule has 24 heavy (non-hydrogen) atoms. The van der Waals surface area contributed by atoms with Gasteiger partial charge in [0.05, 0.1) is 27.0 Å². The molecular formula is C18H18N2O4. The van der Waals surface area contributed by atoms with Crippen LogP contribution in [0.1, 0.15) is 0 Å². The Bertz CT molecular complexity index is 836. The topological polar surface area (TPSA) is 79.7 Å². The van der Waals surface area contributed by atoms with Crippen molar-refractivity contribution in [2.75, 3.05) is 27.1 Å². The van der Waals surface area contributed by atoms with Crippen molar-refractivity contribution in [3.8, 4) is 39.8 Å².